The van der Waals surface area contributed by atoms with Gasteiger partial charge in [-0.3, -0.25) is 4.72 Å². The van der Waals surface area contributed by atoms with Crippen LogP contribution in [0.15, 0.2) is 30.3 Å². The highest BCUT2D eigenvalue weighted by molar-refractivity contribution is 7.92. The van der Waals surface area contributed by atoms with E-state index in [1.807, 2.05) is 31.2 Å². The summed E-state index contributed by atoms with van der Waals surface area (Å²) in [5, 5.41) is 0. The Bertz CT molecular complexity index is 558. The zero-order valence-corrected chi connectivity index (χ0v) is 13.4. The van der Waals surface area contributed by atoms with Gasteiger partial charge in [-0.2, -0.15) is 0 Å². The minimum atomic E-state index is -3.25. The van der Waals surface area contributed by atoms with E-state index in [1.54, 1.807) is 12.1 Å². The topological polar surface area (TPSA) is 49.4 Å². The van der Waals surface area contributed by atoms with E-state index in [0.717, 1.165) is 25.2 Å². The third-order valence-corrected chi connectivity index (χ3v) is 5.00. The van der Waals surface area contributed by atoms with Gasteiger partial charge in [-0.25, -0.2) is 8.42 Å². The summed E-state index contributed by atoms with van der Waals surface area (Å²) in [4.78, 5) is 2.33. The van der Waals surface area contributed by atoms with Crippen molar-refractivity contribution >= 4 is 21.8 Å². The Morgan fingerprint density at radius 3 is 2.48 bits per heavy atom. The van der Waals surface area contributed by atoms with E-state index >= 15 is 0 Å². The number of benzene rings is 1. The van der Waals surface area contributed by atoms with E-state index in [2.05, 4.69) is 9.62 Å². The molecule has 1 aromatic carbocycles. The van der Waals surface area contributed by atoms with Crippen LogP contribution in [0, 0.1) is 0 Å². The first-order valence-electron chi connectivity index (χ1n) is 7.55. The molecule has 2 rings (SSSR count). The molecule has 5 heteroatoms. The molecule has 0 aromatic heterocycles. The Morgan fingerprint density at radius 2 is 1.86 bits per heavy atom. The number of likely N-dealkylation sites (tertiary alicyclic amines) is 1. The van der Waals surface area contributed by atoms with Crippen molar-refractivity contribution in [3.05, 3.63) is 35.9 Å². The molecule has 0 radical (unpaired) electrons. The van der Waals surface area contributed by atoms with Gasteiger partial charge in [0.15, 0.2) is 0 Å². The molecule has 0 unspecified atom stereocenters. The molecule has 0 saturated carbocycles. The summed E-state index contributed by atoms with van der Waals surface area (Å²) in [6.45, 7) is 5.05. The fourth-order valence-corrected chi connectivity index (χ4v) is 3.68. The predicted octanol–water partition coefficient (Wildman–Crippen LogP) is 2.95. The SMILES string of the molecule is CC=Cc1ccc(NS(=O)(=O)CCCN2CCCC2)cc1. The second kappa shape index (κ2) is 7.61. The molecule has 1 heterocycles. The van der Waals surface area contributed by atoms with Gasteiger partial charge in [-0.15, -0.1) is 0 Å². The molecule has 4 nitrogen and oxygen atoms in total. The number of rotatable bonds is 7. The highest BCUT2D eigenvalue weighted by atomic mass is 32.2. The van der Waals surface area contributed by atoms with Crippen LogP contribution in [-0.4, -0.2) is 38.7 Å². The van der Waals surface area contributed by atoms with Crippen molar-refractivity contribution in [1.82, 2.24) is 4.90 Å². The number of hydrogen-bond acceptors (Lipinski definition) is 3. The summed E-state index contributed by atoms with van der Waals surface area (Å²) in [6, 6.07) is 7.41. The number of hydrogen-bond donors (Lipinski definition) is 1. The maximum Gasteiger partial charge on any atom is 0.232 e. The molecule has 0 atom stereocenters. The maximum absolute atomic E-state index is 12.0. The van der Waals surface area contributed by atoms with Crippen LogP contribution >= 0.6 is 0 Å². The van der Waals surface area contributed by atoms with Gasteiger partial charge < -0.3 is 4.90 Å². The van der Waals surface area contributed by atoms with Crippen molar-refractivity contribution in [2.75, 3.05) is 30.1 Å². The Balaban J connectivity index is 1.81. The van der Waals surface area contributed by atoms with Crippen LogP contribution < -0.4 is 4.72 Å². The summed E-state index contributed by atoms with van der Waals surface area (Å²) in [7, 11) is -3.25. The first-order valence-corrected chi connectivity index (χ1v) is 9.20. The zero-order valence-electron chi connectivity index (χ0n) is 12.6. The van der Waals surface area contributed by atoms with Gasteiger partial charge in [-0.1, -0.05) is 24.3 Å². The third-order valence-electron chi connectivity index (χ3n) is 3.63. The standard InChI is InChI=1S/C16H24N2O2S/c1-2-6-15-7-9-16(10-8-15)17-21(19,20)14-5-13-18-11-3-4-12-18/h2,6-10,17H,3-5,11-14H2,1H3. The van der Waals surface area contributed by atoms with Crippen molar-refractivity contribution in [2.24, 2.45) is 0 Å². The van der Waals surface area contributed by atoms with Crippen LogP contribution in [0.1, 0.15) is 31.7 Å². The molecule has 1 saturated heterocycles. The maximum atomic E-state index is 12.0. The van der Waals surface area contributed by atoms with E-state index in [0.29, 0.717) is 12.1 Å². The van der Waals surface area contributed by atoms with E-state index < -0.39 is 10.0 Å². The number of allylic oxidation sites excluding steroid dienone is 1. The lowest BCUT2D eigenvalue weighted by atomic mass is 10.2. The fraction of sp³-hybridized carbons (Fsp3) is 0.500. The lowest BCUT2D eigenvalue weighted by Gasteiger charge is -2.14. The third kappa shape index (κ3) is 5.52. The molecule has 0 aliphatic carbocycles. The molecular weight excluding hydrogens is 284 g/mol. The average molecular weight is 308 g/mol. The van der Waals surface area contributed by atoms with Crippen LogP contribution in [0.4, 0.5) is 5.69 Å². The average Bonchev–Trinajstić information content (AvgIpc) is 2.94. The molecule has 1 aliphatic rings. The lowest BCUT2D eigenvalue weighted by Crippen LogP contribution is -2.24. The van der Waals surface area contributed by atoms with Crippen LogP contribution in [0.5, 0.6) is 0 Å². The van der Waals surface area contributed by atoms with Crippen molar-refractivity contribution in [3.63, 3.8) is 0 Å². The first-order chi connectivity index (χ1) is 10.1. The quantitative estimate of drug-likeness (QED) is 0.842. The Labute approximate surface area is 127 Å². The molecule has 1 aromatic rings. The Morgan fingerprint density at radius 1 is 1.19 bits per heavy atom. The monoisotopic (exact) mass is 308 g/mol. The first kappa shape index (κ1) is 16.0. The van der Waals surface area contributed by atoms with Crippen molar-refractivity contribution < 1.29 is 8.42 Å². The largest absolute Gasteiger partial charge is 0.303 e. The Hall–Kier alpha value is -1.33. The second-order valence-corrected chi connectivity index (χ2v) is 7.29. The highest BCUT2D eigenvalue weighted by Crippen LogP contribution is 2.13. The minimum absolute atomic E-state index is 0.181. The Kier molecular flexibility index (Phi) is 5.82. The molecule has 1 fully saturated rings. The lowest BCUT2D eigenvalue weighted by molar-refractivity contribution is 0.340. The molecule has 116 valence electrons. The summed E-state index contributed by atoms with van der Waals surface area (Å²) < 4.78 is 26.7. The van der Waals surface area contributed by atoms with E-state index in [1.165, 1.54) is 12.8 Å². The number of nitrogens with zero attached hydrogens (tertiary/aromatic N) is 1. The van der Waals surface area contributed by atoms with Crippen LogP contribution in [0.25, 0.3) is 6.08 Å². The number of anilines is 1. The molecule has 1 aliphatic heterocycles. The normalized spacial score (nSPS) is 16.6. The van der Waals surface area contributed by atoms with Crippen LogP contribution in [0.2, 0.25) is 0 Å². The molecule has 0 amide bonds. The van der Waals surface area contributed by atoms with Gasteiger partial charge in [0, 0.05) is 5.69 Å². The van der Waals surface area contributed by atoms with Crippen molar-refractivity contribution in [2.45, 2.75) is 26.2 Å². The molecule has 0 spiro atoms. The van der Waals surface area contributed by atoms with Gasteiger partial charge in [0.25, 0.3) is 0 Å². The summed E-state index contributed by atoms with van der Waals surface area (Å²) >= 11 is 0. The molecule has 0 bridgehead atoms. The summed E-state index contributed by atoms with van der Waals surface area (Å²) in [5.74, 6) is 0.181. The molecule has 1 N–H and O–H groups in total. The van der Waals surface area contributed by atoms with Gasteiger partial charge in [0.2, 0.25) is 10.0 Å². The van der Waals surface area contributed by atoms with Gasteiger partial charge >= 0.3 is 0 Å². The van der Waals surface area contributed by atoms with Gasteiger partial charge in [0.1, 0.15) is 0 Å². The van der Waals surface area contributed by atoms with E-state index in [4.69, 9.17) is 0 Å². The number of nitrogens with one attached hydrogen (secondary N) is 1. The molecule has 21 heavy (non-hydrogen) atoms. The van der Waals surface area contributed by atoms with E-state index in [9.17, 15) is 8.42 Å². The van der Waals surface area contributed by atoms with Crippen LogP contribution in [-0.2, 0) is 10.0 Å². The van der Waals surface area contributed by atoms with Crippen molar-refractivity contribution in [1.29, 1.82) is 0 Å². The molecular formula is C16H24N2O2S. The zero-order chi connectivity index (χ0) is 15.1. The predicted molar refractivity (Wildman–Crippen MR) is 88.9 cm³/mol. The minimum Gasteiger partial charge on any atom is -0.303 e. The van der Waals surface area contributed by atoms with Crippen molar-refractivity contribution in [3.8, 4) is 0 Å². The smallest absolute Gasteiger partial charge is 0.232 e. The number of sulfonamides is 1. The van der Waals surface area contributed by atoms with Gasteiger partial charge in [0.05, 0.1) is 5.75 Å². The second-order valence-electron chi connectivity index (χ2n) is 5.45. The highest BCUT2D eigenvalue weighted by Gasteiger charge is 2.14. The van der Waals surface area contributed by atoms with E-state index in [-0.39, 0.29) is 5.75 Å². The fourth-order valence-electron chi connectivity index (χ4n) is 2.57. The van der Waals surface area contributed by atoms with Crippen LogP contribution in [0.3, 0.4) is 0 Å². The van der Waals surface area contributed by atoms with Gasteiger partial charge in [-0.05, 0) is 63.5 Å². The summed E-state index contributed by atoms with van der Waals surface area (Å²) in [5.41, 5.74) is 1.69. The summed E-state index contributed by atoms with van der Waals surface area (Å²) in [6.07, 6.45) is 7.10.